The van der Waals surface area contributed by atoms with Gasteiger partial charge in [0, 0.05) is 38.0 Å². The molecule has 4 saturated heterocycles. The maximum Gasteiger partial charge on any atom is 0.282 e. The molecule has 6 heteroatoms. The van der Waals surface area contributed by atoms with Gasteiger partial charge in [0.05, 0.1) is 12.2 Å². The lowest BCUT2D eigenvalue weighted by molar-refractivity contribution is 0.0772. The van der Waals surface area contributed by atoms with Gasteiger partial charge in [-0.15, -0.1) is 0 Å². The Kier molecular flexibility index (Phi) is 3.15. The van der Waals surface area contributed by atoms with Crippen LogP contribution in [0.25, 0.3) is 0 Å². The number of nitrogens with zero attached hydrogens (tertiary/aromatic N) is 2. The molecule has 2 bridgehead atoms. The van der Waals surface area contributed by atoms with Gasteiger partial charge < -0.3 is 4.74 Å². The van der Waals surface area contributed by atoms with Gasteiger partial charge in [0.1, 0.15) is 0 Å². The Morgan fingerprint density at radius 3 is 2.20 bits per heavy atom. The fraction of sp³-hybridized carbons (Fsp3) is 1.00. The summed E-state index contributed by atoms with van der Waals surface area (Å²) in [5.41, 5.74) is 0. The Morgan fingerprint density at radius 2 is 1.60 bits per heavy atom. The first-order valence-corrected chi connectivity index (χ1v) is 9.36. The number of piperidine rings is 1. The molecule has 0 amide bonds. The quantitative estimate of drug-likeness (QED) is 0.766. The highest BCUT2D eigenvalue weighted by atomic mass is 32.2. The second-order valence-corrected chi connectivity index (χ2v) is 8.98. The van der Waals surface area contributed by atoms with Crippen molar-refractivity contribution in [1.82, 2.24) is 8.61 Å². The molecule has 4 fully saturated rings. The summed E-state index contributed by atoms with van der Waals surface area (Å²) < 4.78 is 35.0. The van der Waals surface area contributed by atoms with E-state index < -0.39 is 10.2 Å². The minimum Gasteiger partial charge on any atom is -0.374 e. The summed E-state index contributed by atoms with van der Waals surface area (Å²) in [6.45, 7) is 4.89. The second kappa shape index (κ2) is 4.66. The van der Waals surface area contributed by atoms with Crippen molar-refractivity contribution in [3.63, 3.8) is 0 Å². The van der Waals surface area contributed by atoms with E-state index in [1.54, 1.807) is 8.61 Å². The lowest BCUT2D eigenvalue weighted by Gasteiger charge is -2.33. The summed E-state index contributed by atoms with van der Waals surface area (Å²) >= 11 is 0. The summed E-state index contributed by atoms with van der Waals surface area (Å²) in [6, 6.07) is 0. The summed E-state index contributed by atoms with van der Waals surface area (Å²) in [7, 11) is -3.24. The lowest BCUT2D eigenvalue weighted by Crippen LogP contribution is -2.47. The molecule has 4 rings (SSSR count). The van der Waals surface area contributed by atoms with Crippen LogP contribution in [0.5, 0.6) is 0 Å². The zero-order valence-corrected chi connectivity index (χ0v) is 12.9. The highest BCUT2D eigenvalue weighted by Crippen LogP contribution is 2.48. The minimum atomic E-state index is -3.24. The number of hydrogen-bond acceptors (Lipinski definition) is 3. The third-order valence-electron chi connectivity index (χ3n) is 5.69. The molecule has 114 valence electrons. The summed E-state index contributed by atoms with van der Waals surface area (Å²) in [5, 5.41) is 0. The Bertz CT molecular complexity index is 477. The fourth-order valence-corrected chi connectivity index (χ4v) is 6.48. The van der Waals surface area contributed by atoms with Crippen molar-refractivity contribution >= 4 is 10.2 Å². The van der Waals surface area contributed by atoms with Gasteiger partial charge in [0.15, 0.2) is 0 Å². The third kappa shape index (κ3) is 1.95. The van der Waals surface area contributed by atoms with Crippen LogP contribution in [0.1, 0.15) is 32.6 Å². The van der Waals surface area contributed by atoms with Crippen LogP contribution >= 0.6 is 0 Å². The molecule has 0 N–H and O–H groups in total. The first-order chi connectivity index (χ1) is 9.55. The Balaban J connectivity index is 1.50. The van der Waals surface area contributed by atoms with Crippen LogP contribution < -0.4 is 0 Å². The van der Waals surface area contributed by atoms with Crippen molar-refractivity contribution in [2.24, 2.45) is 17.8 Å². The van der Waals surface area contributed by atoms with E-state index in [2.05, 4.69) is 6.92 Å². The number of fused-ring (bicyclic) bond motifs is 5. The van der Waals surface area contributed by atoms with E-state index in [9.17, 15) is 8.42 Å². The van der Waals surface area contributed by atoms with Gasteiger partial charge in [-0.3, -0.25) is 0 Å². The van der Waals surface area contributed by atoms with Gasteiger partial charge in [-0.2, -0.15) is 17.0 Å². The largest absolute Gasteiger partial charge is 0.374 e. The molecule has 20 heavy (non-hydrogen) atoms. The summed E-state index contributed by atoms with van der Waals surface area (Å²) in [4.78, 5) is 0. The molecule has 5 atom stereocenters. The lowest BCUT2D eigenvalue weighted by atomic mass is 9.82. The van der Waals surface area contributed by atoms with Crippen LogP contribution in [0.15, 0.2) is 0 Å². The molecule has 0 aromatic rings. The van der Waals surface area contributed by atoms with Crippen molar-refractivity contribution in [2.45, 2.75) is 44.8 Å². The molecular weight excluding hydrogens is 276 g/mol. The molecule has 0 unspecified atom stereocenters. The molecular formula is C14H24N2O3S. The highest BCUT2D eigenvalue weighted by Gasteiger charge is 2.55. The van der Waals surface area contributed by atoms with E-state index in [0.717, 1.165) is 25.7 Å². The van der Waals surface area contributed by atoms with E-state index in [0.29, 0.717) is 56.1 Å². The topological polar surface area (TPSA) is 49.9 Å². The Labute approximate surface area is 121 Å². The zero-order valence-electron chi connectivity index (χ0n) is 12.1. The van der Waals surface area contributed by atoms with Crippen LogP contribution in [0.3, 0.4) is 0 Å². The van der Waals surface area contributed by atoms with Gasteiger partial charge in [-0.25, -0.2) is 0 Å². The molecule has 0 spiro atoms. The van der Waals surface area contributed by atoms with Gasteiger partial charge in [0.2, 0.25) is 0 Å². The van der Waals surface area contributed by atoms with Gasteiger partial charge in [-0.05, 0) is 31.6 Å². The molecule has 0 aliphatic carbocycles. The van der Waals surface area contributed by atoms with Gasteiger partial charge >= 0.3 is 0 Å². The molecule has 0 radical (unpaired) electrons. The van der Waals surface area contributed by atoms with E-state index in [4.69, 9.17) is 4.74 Å². The number of ether oxygens (including phenoxy) is 1. The molecule has 0 aromatic carbocycles. The van der Waals surface area contributed by atoms with Crippen molar-refractivity contribution in [3.8, 4) is 0 Å². The van der Waals surface area contributed by atoms with E-state index in [1.807, 2.05) is 0 Å². The SMILES string of the molecule is C[C@@H]1CCCN(S(=O)(=O)N2C[C@H]3[C@H](C2)[C@H]2CC[C@H]3O2)C1. The van der Waals surface area contributed by atoms with E-state index in [1.165, 1.54) is 0 Å². The van der Waals surface area contributed by atoms with Crippen molar-refractivity contribution < 1.29 is 13.2 Å². The van der Waals surface area contributed by atoms with Gasteiger partial charge in [0.25, 0.3) is 10.2 Å². The molecule has 4 heterocycles. The van der Waals surface area contributed by atoms with Crippen LogP contribution in [0.2, 0.25) is 0 Å². The molecule has 0 saturated carbocycles. The Hall–Kier alpha value is -0.170. The fourth-order valence-electron chi connectivity index (χ4n) is 4.63. The predicted molar refractivity (Wildman–Crippen MR) is 75.3 cm³/mol. The number of hydrogen-bond donors (Lipinski definition) is 0. The smallest absolute Gasteiger partial charge is 0.282 e. The number of rotatable bonds is 2. The predicted octanol–water partition coefficient (Wildman–Crippen LogP) is 1.07. The maximum absolute atomic E-state index is 12.8. The maximum atomic E-state index is 12.8. The standard InChI is InChI=1S/C14H24N2O3S/c1-10-3-2-6-15(7-10)20(17,18)16-8-11-12(9-16)14-5-4-13(11)19-14/h10-14H,2-9H2,1H3/t10-,11+,12+,13-,14-/m1/s1. The van der Waals surface area contributed by atoms with Crippen molar-refractivity contribution in [2.75, 3.05) is 26.2 Å². The van der Waals surface area contributed by atoms with Crippen LogP contribution in [0, 0.1) is 17.8 Å². The molecule has 5 nitrogen and oxygen atoms in total. The second-order valence-electron chi connectivity index (χ2n) is 7.05. The average molecular weight is 300 g/mol. The van der Waals surface area contributed by atoms with E-state index in [-0.39, 0.29) is 0 Å². The van der Waals surface area contributed by atoms with Crippen LogP contribution in [-0.2, 0) is 14.9 Å². The highest BCUT2D eigenvalue weighted by molar-refractivity contribution is 7.86. The van der Waals surface area contributed by atoms with Crippen LogP contribution in [0.4, 0.5) is 0 Å². The monoisotopic (exact) mass is 300 g/mol. The first-order valence-electron chi connectivity index (χ1n) is 7.96. The molecule has 4 aliphatic heterocycles. The van der Waals surface area contributed by atoms with Gasteiger partial charge in [-0.1, -0.05) is 6.92 Å². The minimum absolute atomic E-state index is 0.325. The normalized spacial score (nSPS) is 46.0. The van der Waals surface area contributed by atoms with Crippen LogP contribution in [-0.4, -0.2) is 55.4 Å². The zero-order chi connectivity index (χ0) is 13.9. The molecule has 4 aliphatic rings. The van der Waals surface area contributed by atoms with E-state index >= 15 is 0 Å². The van der Waals surface area contributed by atoms with Crippen molar-refractivity contribution in [1.29, 1.82) is 0 Å². The third-order valence-corrected chi connectivity index (χ3v) is 7.63. The Morgan fingerprint density at radius 1 is 0.950 bits per heavy atom. The molecule has 0 aromatic heterocycles. The van der Waals surface area contributed by atoms with Crippen molar-refractivity contribution in [3.05, 3.63) is 0 Å². The summed E-state index contributed by atoms with van der Waals surface area (Å²) in [5.74, 6) is 1.39. The first kappa shape index (κ1) is 13.5. The summed E-state index contributed by atoms with van der Waals surface area (Å²) in [6.07, 6.45) is 5.04. The average Bonchev–Trinajstić information content (AvgIpc) is 3.11.